The number of hydrogen-bond acceptors (Lipinski definition) is 18. The Kier molecular flexibility index (Phi) is 10.1. The maximum absolute atomic E-state index is 12.3. The minimum atomic E-state index is -5.11. The lowest BCUT2D eigenvalue weighted by molar-refractivity contribution is 0.278. The molecule has 1 aromatic heterocycles. The highest BCUT2D eigenvalue weighted by Gasteiger charge is 2.24. The molecule has 0 unspecified atom stereocenters. The summed E-state index contributed by atoms with van der Waals surface area (Å²) in [7, 11) is -19.8. The number of aromatic hydroxyl groups is 1. The molecule has 0 aliphatic heterocycles. The number of rotatable bonds is 12. The van der Waals surface area contributed by atoms with Gasteiger partial charge < -0.3 is 21.5 Å². The van der Waals surface area contributed by atoms with Crippen LogP contribution < -0.4 is 16.4 Å². The van der Waals surface area contributed by atoms with Crippen LogP contribution in [0.5, 0.6) is 5.75 Å². The number of phenols is 1. The van der Waals surface area contributed by atoms with E-state index in [1.807, 2.05) is 0 Å². The fraction of sp³-hybridized carbons (Fsp3) is 0.0952. The Bertz CT molecular complexity index is 2430. The SMILES string of the molecule is Nc1c(S(=O)(=O)O)cc2cc(S(=O)(=O)O)cc(O)c2c1N=Nc1ccc(Nc2nc(Cl)nc(NCCOS(=O)(=O)O)n2)cc1S(=O)(=O)O. The number of halogens is 1. The predicted octanol–water partition coefficient (Wildman–Crippen LogP) is 2.10. The molecule has 258 valence electrons. The van der Waals surface area contributed by atoms with Crippen LogP contribution in [-0.4, -0.2) is 85.1 Å². The monoisotopic (exact) mass is 770 g/mol. The zero-order valence-corrected chi connectivity index (χ0v) is 27.1. The number of aromatic nitrogens is 3. The Morgan fingerprint density at radius 1 is 0.812 bits per heavy atom. The van der Waals surface area contributed by atoms with Crippen molar-refractivity contribution in [1.29, 1.82) is 0 Å². The van der Waals surface area contributed by atoms with Gasteiger partial charge in [0.15, 0.2) is 0 Å². The lowest BCUT2D eigenvalue weighted by Crippen LogP contribution is -2.15. The van der Waals surface area contributed by atoms with Gasteiger partial charge in [-0.15, -0.1) is 10.2 Å². The van der Waals surface area contributed by atoms with Crippen molar-refractivity contribution in [2.75, 3.05) is 29.5 Å². The summed E-state index contributed by atoms with van der Waals surface area (Å²) in [5, 5.41) is 21.9. The van der Waals surface area contributed by atoms with Crippen molar-refractivity contribution in [3.05, 3.63) is 41.7 Å². The zero-order chi connectivity index (χ0) is 35.8. The Morgan fingerprint density at radius 2 is 1.46 bits per heavy atom. The normalized spacial score (nSPS) is 12.9. The second-order valence-electron chi connectivity index (χ2n) is 9.04. The molecule has 48 heavy (non-hydrogen) atoms. The molecule has 0 aliphatic carbocycles. The first-order chi connectivity index (χ1) is 22.0. The Hall–Kier alpha value is -4.38. The second-order valence-corrected chi connectivity index (χ2v) is 14.7. The van der Waals surface area contributed by atoms with Crippen molar-refractivity contribution in [2.24, 2.45) is 10.2 Å². The highest BCUT2D eigenvalue weighted by Crippen LogP contribution is 2.44. The van der Waals surface area contributed by atoms with Gasteiger partial charge in [-0.1, -0.05) is 0 Å². The van der Waals surface area contributed by atoms with Gasteiger partial charge in [-0.25, -0.2) is 4.18 Å². The van der Waals surface area contributed by atoms with Gasteiger partial charge in [0.1, 0.15) is 26.9 Å². The summed E-state index contributed by atoms with van der Waals surface area (Å²) >= 11 is 5.87. The second kappa shape index (κ2) is 13.3. The van der Waals surface area contributed by atoms with Crippen LogP contribution in [0.2, 0.25) is 5.28 Å². The summed E-state index contributed by atoms with van der Waals surface area (Å²) in [4.78, 5) is 8.70. The summed E-state index contributed by atoms with van der Waals surface area (Å²) in [5.41, 5.74) is 3.69. The maximum atomic E-state index is 12.3. The van der Waals surface area contributed by atoms with Gasteiger partial charge in [-0.3, -0.25) is 18.2 Å². The van der Waals surface area contributed by atoms with Crippen molar-refractivity contribution in [1.82, 2.24) is 15.0 Å². The number of nitrogens with one attached hydrogen (secondary N) is 2. The van der Waals surface area contributed by atoms with E-state index in [1.165, 1.54) is 6.07 Å². The third-order valence-electron chi connectivity index (χ3n) is 5.72. The van der Waals surface area contributed by atoms with Crippen LogP contribution >= 0.6 is 11.6 Å². The van der Waals surface area contributed by atoms with Gasteiger partial charge in [0.25, 0.3) is 30.4 Å². The van der Waals surface area contributed by atoms with E-state index < -0.39 is 95.6 Å². The molecule has 3 aromatic carbocycles. The van der Waals surface area contributed by atoms with Crippen molar-refractivity contribution in [2.45, 2.75) is 14.7 Å². The number of benzene rings is 3. The number of phenolic OH excluding ortho intramolecular Hbond substituents is 1. The van der Waals surface area contributed by atoms with E-state index in [0.29, 0.717) is 12.1 Å². The van der Waals surface area contributed by atoms with Crippen LogP contribution in [-0.2, 0) is 44.9 Å². The van der Waals surface area contributed by atoms with Crippen LogP contribution in [0, 0.1) is 0 Å². The molecule has 0 radical (unpaired) electrons. The van der Waals surface area contributed by atoms with Crippen LogP contribution in [0.25, 0.3) is 10.8 Å². The molecule has 27 heteroatoms. The molecule has 0 spiro atoms. The van der Waals surface area contributed by atoms with Gasteiger partial charge in [0.05, 0.1) is 22.6 Å². The molecule has 0 saturated carbocycles. The quantitative estimate of drug-likeness (QED) is 0.0442. The third-order valence-corrected chi connectivity index (χ3v) is 8.96. The first kappa shape index (κ1) is 36.5. The van der Waals surface area contributed by atoms with Gasteiger partial charge >= 0.3 is 10.4 Å². The molecular formula is C21H19ClN8O14S4. The molecule has 0 saturated heterocycles. The number of nitrogens with zero attached hydrogens (tertiary/aromatic N) is 5. The number of fused-ring (bicyclic) bond motifs is 1. The van der Waals surface area contributed by atoms with Crippen LogP contribution in [0.15, 0.2) is 61.3 Å². The maximum Gasteiger partial charge on any atom is 0.397 e. The van der Waals surface area contributed by atoms with Crippen molar-refractivity contribution in [3.8, 4) is 5.75 Å². The Balaban J connectivity index is 1.76. The first-order valence-electron chi connectivity index (χ1n) is 12.1. The summed E-state index contributed by atoms with van der Waals surface area (Å²) < 4.78 is 135. The van der Waals surface area contributed by atoms with Crippen molar-refractivity contribution < 1.29 is 61.2 Å². The Morgan fingerprint density at radius 3 is 2.06 bits per heavy atom. The van der Waals surface area contributed by atoms with Crippen LogP contribution in [0.3, 0.4) is 0 Å². The summed E-state index contributed by atoms with van der Waals surface area (Å²) in [5.74, 6) is -1.39. The fourth-order valence-electron chi connectivity index (χ4n) is 3.84. The first-order valence-corrected chi connectivity index (χ1v) is 18.2. The van der Waals surface area contributed by atoms with Gasteiger partial charge in [-0.05, 0) is 47.3 Å². The van der Waals surface area contributed by atoms with E-state index >= 15 is 0 Å². The number of anilines is 4. The topological polar surface area (TPSA) is 360 Å². The average molecular weight is 771 g/mol. The molecule has 4 aromatic rings. The zero-order valence-electron chi connectivity index (χ0n) is 23.1. The molecule has 0 amide bonds. The van der Waals surface area contributed by atoms with Crippen LogP contribution in [0.4, 0.5) is 34.6 Å². The van der Waals surface area contributed by atoms with Gasteiger partial charge in [0, 0.05) is 18.3 Å². The summed E-state index contributed by atoms with van der Waals surface area (Å²) in [6.45, 7) is -0.746. The summed E-state index contributed by atoms with van der Waals surface area (Å²) in [6.07, 6.45) is 0. The molecule has 1 heterocycles. The average Bonchev–Trinajstić information content (AvgIpc) is 2.92. The van der Waals surface area contributed by atoms with E-state index in [0.717, 1.165) is 18.2 Å². The fourth-order valence-corrected chi connectivity index (χ4v) is 6.13. The largest absolute Gasteiger partial charge is 0.507 e. The Labute approximate surface area is 274 Å². The third kappa shape index (κ3) is 8.94. The number of azo groups is 1. The smallest absolute Gasteiger partial charge is 0.397 e. The number of nitrogens with two attached hydrogens (primary N) is 1. The molecule has 9 N–H and O–H groups in total. The molecule has 4 rings (SSSR count). The minimum absolute atomic E-state index is 0.0989. The minimum Gasteiger partial charge on any atom is -0.507 e. The molecule has 0 atom stereocenters. The molecule has 0 aliphatic rings. The lowest BCUT2D eigenvalue weighted by Gasteiger charge is -2.12. The van der Waals surface area contributed by atoms with E-state index in [2.05, 4.69) is 40.0 Å². The van der Waals surface area contributed by atoms with E-state index in [9.17, 15) is 52.4 Å². The summed E-state index contributed by atoms with van der Waals surface area (Å²) in [6, 6.07) is 4.99. The van der Waals surface area contributed by atoms with Crippen molar-refractivity contribution in [3.63, 3.8) is 0 Å². The lowest BCUT2D eigenvalue weighted by atomic mass is 10.1. The molecule has 22 nitrogen and oxygen atoms in total. The molecule has 0 bridgehead atoms. The predicted molar refractivity (Wildman–Crippen MR) is 164 cm³/mol. The van der Waals surface area contributed by atoms with Gasteiger partial charge in [0.2, 0.25) is 17.2 Å². The van der Waals surface area contributed by atoms with E-state index in [4.69, 9.17) is 21.9 Å². The van der Waals surface area contributed by atoms with Crippen molar-refractivity contribution >= 4 is 97.8 Å². The number of nitrogen functional groups attached to an aromatic ring is 1. The standard InChI is InChI=1S/C21H19ClN8O14S4/c22-19-26-20(24-3-4-44-48(41,42)43)28-21(27-19)25-10-1-2-12(14(7-10)46(35,36)37)29-30-18-16-9(6-15(17(18)23)47(38,39)40)5-11(8-13(16)31)45(32,33)34/h1-2,5-8,31H,3-4,23H2,(H,32,33,34)(H,35,36,37)(H,38,39,40)(H,41,42,43)(H2,24,25,26,27,28). The molecule has 0 fully saturated rings. The highest BCUT2D eigenvalue weighted by atomic mass is 35.5. The van der Waals surface area contributed by atoms with Gasteiger partial charge in [-0.2, -0.15) is 48.6 Å². The highest BCUT2D eigenvalue weighted by molar-refractivity contribution is 7.86. The molecular weight excluding hydrogens is 752 g/mol. The van der Waals surface area contributed by atoms with Crippen LogP contribution in [0.1, 0.15) is 0 Å². The van der Waals surface area contributed by atoms with E-state index in [1.54, 1.807) is 0 Å². The van der Waals surface area contributed by atoms with E-state index in [-0.39, 0.29) is 29.4 Å². The number of hydrogen-bond donors (Lipinski definition) is 8.